The lowest BCUT2D eigenvalue weighted by Gasteiger charge is -2.36. The van der Waals surface area contributed by atoms with Crippen molar-refractivity contribution in [2.45, 2.75) is 36.4 Å². The fraction of sp³-hybridized carbons (Fsp3) is 0.400. The first-order chi connectivity index (χ1) is 17.4. The van der Waals surface area contributed by atoms with Gasteiger partial charge in [0.2, 0.25) is 5.91 Å². The van der Waals surface area contributed by atoms with Gasteiger partial charge >= 0.3 is 0 Å². The second kappa shape index (κ2) is 10.9. The predicted molar refractivity (Wildman–Crippen MR) is 138 cm³/mol. The summed E-state index contributed by atoms with van der Waals surface area (Å²) in [6, 6.07) is 6.93. The summed E-state index contributed by atoms with van der Waals surface area (Å²) in [7, 11) is 1.50. The Bertz CT molecular complexity index is 1300. The van der Waals surface area contributed by atoms with Crippen molar-refractivity contribution in [3.8, 4) is 5.75 Å². The van der Waals surface area contributed by atoms with Crippen LogP contribution in [0.3, 0.4) is 0 Å². The molecule has 1 fully saturated rings. The molecule has 11 heteroatoms. The first-order valence-corrected chi connectivity index (χ1v) is 13.1. The second-order valence-corrected chi connectivity index (χ2v) is 10.4. The third-order valence-corrected chi connectivity index (χ3v) is 7.99. The van der Waals surface area contributed by atoms with Gasteiger partial charge in [-0.1, -0.05) is 11.6 Å². The maximum atomic E-state index is 14.5. The van der Waals surface area contributed by atoms with Crippen molar-refractivity contribution < 1.29 is 19.0 Å². The Morgan fingerprint density at radius 1 is 1.39 bits per heavy atom. The van der Waals surface area contributed by atoms with Crippen LogP contribution in [-0.2, 0) is 17.8 Å². The highest BCUT2D eigenvalue weighted by Gasteiger charge is 2.28. The zero-order valence-electron chi connectivity index (χ0n) is 19.8. The summed E-state index contributed by atoms with van der Waals surface area (Å²) in [6.45, 7) is 2.49. The molecule has 0 spiro atoms. The van der Waals surface area contributed by atoms with Crippen molar-refractivity contribution in [2.75, 3.05) is 37.8 Å². The minimum absolute atomic E-state index is 0.0433. The quantitative estimate of drug-likeness (QED) is 0.427. The summed E-state index contributed by atoms with van der Waals surface area (Å²) >= 11 is 7.92. The average Bonchev–Trinajstić information content (AvgIpc) is 2.87. The zero-order valence-corrected chi connectivity index (χ0v) is 21.3. The molecule has 1 aromatic carbocycles. The Labute approximate surface area is 217 Å². The number of β-amino-alcohol motifs (C(OH)–C–C–N with tert-alkyl or cyclic N) is 1. The minimum atomic E-state index is -0.547. The number of aliphatic hydroxyl groups excluding tert-OH is 1. The number of carbonyl (C=O) groups excluding carboxylic acids is 1. The Morgan fingerprint density at radius 3 is 3.06 bits per heavy atom. The molecule has 2 aliphatic rings. The Balaban J connectivity index is 1.18. The van der Waals surface area contributed by atoms with Crippen LogP contribution in [0.25, 0.3) is 10.9 Å². The van der Waals surface area contributed by atoms with Crippen LogP contribution >= 0.6 is 23.4 Å². The number of likely N-dealkylation sites (tertiary alicyclic amines) is 1. The van der Waals surface area contributed by atoms with E-state index in [0.717, 1.165) is 29.1 Å². The number of aromatic nitrogens is 2. The molecule has 0 unspecified atom stereocenters. The molecule has 0 bridgehead atoms. The Kier molecular flexibility index (Phi) is 7.59. The number of halogens is 2. The van der Waals surface area contributed by atoms with Gasteiger partial charge in [-0.2, -0.15) is 0 Å². The number of methoxy groups -OCH3 is 1. The van der Waals surface area contributed by atoms with Gasteiger partial charge in [0, 0.05) is 43.3 Å². The number of benzene rings is 1. The van der Waals surface area contributed by atoms with Crippen LogP contribution in [0.15, 0.2) is 35.4 Å². The van der Waals surface area contributed by atoms with E-state index in [2.05, 4.69) is 25.5 Å². The van der Waals surface area contributed by atoms with Crippen molar-refractivity contribution in [1.82, 2.24) is 20.2 Å². The maximum Gasteiger partial charge on any atom is 0.235 e. The summed E-state index contributed by atoms with van der Waals surface area (Å²) in [5, 5.41) is 18.1. The second-order valence-electron chi connectivity index (χ2n) is 8.97. The monoisotopic (exact) mass is 531 g/mol. The van der Waals surface area contributed by atoms with E-state index in [-0.39, 0.29) is 17.5 Å². The molecule has 36 heavy (non-hydrogen) atoms. The lowest BCUT2D eigenvalue weighted by atomic mass is 10.00. The molecule has 8 nitrogen and oxygen atoms in total. The number of aliphatic hydroxyl groups is 1. The Morgan fingerprint density at radius 2 is 2.25 bits per heavy atom. The highest BCUT2D eigenvalue weighted by molar-refractivity contribution is 8.00. The van der Waals surface area contributed by atoms with E-state index in [1.54, 1.807) is 6.07 Å². The number of ether oxygens (including phenoxy) is 1. The number of anilines is 1. The summed E-state index contributed by atoms with van der Waals surface area (Å²) in [4.78, 5) is 23.5. The summed E-state index contributed by atoms with van der Waals surface area (Å²) in [6.07, 6.45) is 2.30. The number of carbonyl (C=O) groups is 1. The average molecular weight is 532 g/mol. The molecule has 5 rings (SSSR count). The third kappa shape index (κ3) is 5.42. The molecule has 4 heterocycles. The normalized spacial score (nSPS) is 20.3. The standard InChI is InChI=1S/C25H27ClFN5O3S/c1-35-15-8-17-16(18(26)11-29-24(17)19(27)9-15)4-6-32-7-5-20(21(33)12-32)28-10-14-2-3-22-25(30-14)31-23(34)13-36-22/h2-3,8-9,11,20-21,28,33H,4-7,10,12-13H2,1H3,(H,30,31,34)/t20-,21-/m0/s1. The summed E-state index contributed by atoms with van der Waals surface area (Å²) in [5.74, 6) is 0.941. The number of hydrogen-bond donors (Lipinski definition) is 3. The van der Waals surface area contributed by atoms with Gasteiger partial charge in [-0.3, -0.25) is 9.78 Å². The Hall–Kier alpha value is -2.50. The largest absolute Gasteiger partial charge is 0.497 e. The van der Waals surface area contributed by atoms with Crippen LogP contribution in [0.2, 0.25) is 5.02 Å². The molecule has 0 aliphatic carbocycles. The minimum Gasteiger partial charge on any atom is -0.497 e. The van der Waals surface area contributed by atoms with Crippen molar-refractivity contribution in [3.63, 3.8) is 0 Å². The van der Waals surface area contributed by atoms with Crippen molar-refractivity contribution >= 4 is 46.0 Å². The highest BCUT2D eigenvalue weighted by Crippen LogP contribution is 2.31. The molecule has 2 aromatic heterocycles. The van der Waals surface area contributed by atoms with E-state index >= 15 is 0 Å². The lowest BCUT2D eigenvalue weighted by Crippen LogP contribution is -2.52. The van der Waals surface area contributed by atoms with Gasteiger partial charge in [0.25, 0.3) is 0 Å². The van der Waals surface area contributed by atoms with Crippen LogP contribution in [-0.4, -0.2) is 70.5 Å². The number of nitrogens with zero attached hydrogens (tertiary/aromatic N) is 3. The van der Waals surface area contributed by atoms with E-state index in [9.17, 15) is 14.3 Å². The van der Waals surface area contributed by atoms with Crippen molar-refractivity contribution in [3.05, 3.63) is 52.6 Å². The van der Waals surface area contributed by atoms with Crippen LogP contribution in [0.1, 0.15) is 17.7 Å². The first-order valence-electron chi connectivity index (χ1n) is 11.8. The number of fused-ring (bicyclic) bond motifs is 2. The van der Waals surface area contributed by atoms with Gasteiger partial charge in [-0.25, -0.2) is 9.37 Å². The molecular weight excluding hydrogens is 505 g/mol. The highest BCUT2D eigenvalue weighted by atomic mass is 35.5. The molecule has 2 aliphatic heterocycles. The number of piperidine rings is 1. The van der Waals surface area contributed by atoms with Crippen LogP contribution in [0.5, 0.6) is 5.75 Å². The number of nitrogens with one attached hydrogen (secondary N) is 2. The molecule has 190 valence electrons. The first kappa shape index (κ1) is 25.2. The summed E-state index contributed by atoms with van der Waals surface area (Å²) in [5.41, 5.74) is 1.90. The van der Waals surface area contributed by atoms with Crippen molar-refractivity contribution in [1.29, 1.82) is 0 Å². The van der Waals surface area contributed by atoms with Gasteiger partial charge in [-0.15, -0.1) is 11.8 Å². The van der Waals surface area contributed by atoms with E-state index < -0.39 is 11.9 Å². The molecule has 0 saturated carbocycles. The SMILES string of the molecule is COc1cc(F)c2ncc(Cl)c(CCN3CC[C@H](NCc4ccc5c(n4)NC(=O)CS5)[C@@H](O)C3)c2c1. The fourth-order valence-electron chi connectivity index (χ4n) is 4.68. The lowest BCUT2D eigenvalue weighted by molar-refractivity contribution is -0.113. The number of hydrogen-bond acceptors (Lipinski definition) is 8. The zero-order chi connectivity index (χ0) is 25.2. The molecule has 1 saturated heterocycles. The fourth-order valence-corrected chi connectivity index (χ4v) is 5.68. The van der Waals surface area contributed by atoms with Gasteiger partial charge in [0.05, 0.1) is 34.6 Å². The van der Waals surface area contributed by atoms with E-state index in [4.69, 9.17) is 16.3 Å². The predicted octanol–water partition coefficient (Wildman–Crippen LogP) is 3.24. The number of pyridine rings is 2. The van der Waals surface area contributed by atoms with Gasteiger partial charge in [0.15, 0.2) is 5.82 Å². The van der Waals surface area contributed by atoms with Gasteiger partial charge in [-0.05, 0) is 43.1 Å². The topological polar surface area (TPSA) is 99.6 Å². The van der Waals surface area contributed by atoms with E-state index in [0.29, 0.717) is 53.8 Å². The summed E-state index contributed by atoms with van der Waals surface area (Å²) < 4.78 is 19.7. The number of amides is 1. The van der Waals surface area contributed by atoms with Crippen LogP contribution in [0.4, 0.5) is 10.2 Å². The van der Waals surface area contributed by atoms with Crippen LogP contribution < -0.4 is 15.4 Å². The van der Waals surface area contributed by atoms with Crippen molar-refractivity contribution in [2.24, 2.45) is 0 Å². The molecule has 0 radical (unpaired) electrons. The van der Waals surface area contributed by atoms with E-state index in [1.807, 2.05) is 12.1 Å². The number of thioether (sulfide) groups is 1. The maximum absolute atomic E-state index is 14.5. The van der Waals surface area contributed by atoms with E-state index in [1.165, 1.54) is 31.1 Å². The van der Waals surface area contributed by atoms with Gasteiger partial charge < -0.3 is 25.4 Å². The number of rotatable bonds is 7. The smallest absolute Gasteiger partial charge is 0.235 e. The molecule has 1 amide bonds. The molecule has 3 N–H and O–H groups in total. The van der Waals surface area contributed by atoms with Gasteiger partial charge in [0.1, 0.15) is 17.1 Å². The van der Waals surface area contributed by atoms with Crippen LogP contribution in [0, 0.1) is 5.82 Å². The molecular formula is C25H27ClFN5O3S. The third-order valence-electron chi connectivity index (χ3n) is 6.61. The molecule has 2 atom stereocenters. The molecule has 3 aromatic rings.